The van der Waals surface area contributed by atoms with Crippen LogP contribution < -0.4 is 10.6 Å². The smallest absolute Gasteiger partial charge is 0.249 e. The van der Waals surface area contributed by atoms with Gasteiger partial charge in [-0.05, 0) is 42.7 Å². The largest absolute Gasteiger partial charge is 0.361 e. The number of rotatable bonds is 5. The Hall–Kier alpha value is -3.19. The van der Waals surface area contributed by atoms with E-state index in [-0.39, 0.29) is 11.8 Å². The third-order valence-corrected chi connectivity index (χ3v) is 5.77. The number of aromatic nitrogens is 2. The van der Waals surface area contributed by atoms with E-state index in [4.69, 9.17) is 0 Å². The third-order valence-electron chi connectivity index (χ3n) is 4.85. The lowest BCUT2D eigenvalue weighted by Crippen LogP contribution is -2.44. The second kappa shape index (κ2) is 7.67. The lowest BCUT2D eigenvalue weighted by molar-refractivity contribution is -0.125. The fourth-order valence-corrected chi connectivity index (χ4v) is 4.64. The molecule has 0 aliphatic rings. The fraction of sp³-hybridized carbons (Fsp3) is 0.227. The Morgan fingerprint density at radius 3 is 2.79 bits per heavy atom. The Morgan fingerprint density at radius 1 is 1.21 bits per heavy atom. The zero-order chi connectivity index (χ0) is 20.5. The van der Waals surface area contributed by atoms with Crippen molar-refractivity contribution < 1.29 is 9.59 Å². The first-order valence-electron chi connectivity index (χ1n) is 9.41. The number of benzene rings is 2. The van der Waals surface area contributed by atoms with Gasteiger partial charge in [0.05, 0.1) is 10.2 Å². The molecule has 0 saturated heterocycles. The number of amides is 2. The molecule has 6 nitrogen and oxygen atoms in total. The lowest BCUT2D eigenvalue weighted by atomic mass is 10.0. The molecule has 0 spiro atoms. The van der Waals surface area contributed by atoms with Gasteiger partial charge in [0.2, 0.25) is 11.8 Å². The fourth-order valence-electron chi connectivity index (χ4n) is 3.59. The van der Waals surface area contributed by atoms with Crippen molar-refractivity contribution in [3.63, 3.8) is 0 Å². The van der Waals surface area contributed by atoms with Crippen molar-refractivity contribution in [3.8, 4) is 0 Å². The highest BCUT2D eigenvalue weighted by molar-refractivity contribution is 7.22. The third kappa shape index (κ3) is 4.00. The maximum absolute atomic E-state index is 13.0. The van der Waals surface area contributed by atoms with Crippen LogP contribution in [0.4, 0.5) is 5.13 Å². The van der Waals surface area contributed by atoms with Gasteiger partial charge >= 0.3 is 0 Å². The van der Waals surface area contributed by atoms with Gasteiger partial charge < -0.3 is 15.6 Å². The highest BCUT2D eigenvalue weighted by Crippen LogP contribution is 2.29. The SMILES string of the molecule is CC(=O)N[C@@H](Cc1c[nH]c2ccccc12)C(=O)Nc1nc2c(C)cc(C)cc2s1. The Morgan fingerprint density at radius 2 is 2.00 bits per heavy atom. The summed E-state index contributed by atoms with van der Waals surface area (Å²) >= 11 is 1.44. The summed E-state index contributed by atoms with van der Waals surface area (Å²) in [4.78, 5) is 32.5. The zero-order valence-electron chi connectivity index (χ0n) is 16.5. The number of nitrogens with zero attached hydrogens (tertiary/aromatic N) is 1. The van der Waals surface area contributed by atoms with E-state index < -0.39 is 6.04 Å². The molecule has 0 aliphatic heterocycles. The molecule has 0 bridgehead atoms. The van der Waals surface area contributed by atoms with E-state index >= 15 is 0 Å². The van der Waals surface area contributed by atoms with Gasteiger partial charge in [0.1, 0.15) is 6.04 Å². The van der Waals surface area contributed by atoms with Gasteiger partial charge in [-0.3, -0.25) is 9.59 Å². The van der Waals surface area contributed by atoms with E-state index in [9.17, 15) is 9.59 Å². The number of para-hydroxylation sites is 1. The van der Waals surface area contributed by atoms with Gasteiger partial charge in [0.15, 0.2) is 5.13 Å². The Labute approximate surface area is 172 Å². The summed E-state index contributed by atoms with van der Waals surface area (Å²) in [6.45, 7) is 5.47. The summed E-state index contributed by atoms with van der Waals surface area (Å²) in [7, 11) is 0. The van der Waals surface area contributed by atoms with E-state index in [1.807, 2.05) is 44.3 Å². The molecular formula is C22H22N4O2S. The number of aromatic amines is 1. The molecule has 3 N–H and O–H groups in total. The van der Waals surface area contributed by atoms with Gasteiger partial charge in [0, 0.05) is 30.4 Å². The molecule has 4 aromatic rings. The van der Waals surface area contributed by atoms with Crippen molar-refractivity contribution in [1.29, 1.82) is 0 Å². The average molecular weight is 407 g/mol. The summed E-state index contributed by atoms with van der Waals surface area (Å²) in [5, 5.41) is 7.24. The highest BCUT2D eigenvalue weighted by Gasteiger charge is 2.23. The minimum atomic E-state index is -0.693. The van der Waals surface area contributed by atoms with Crippen LogP contribution in [0.15, 0.2) is 42.6 Å². The molecule has 7 heteroatoms. The average Bonchev–Trinajstić information content (AvgIpc) is 3.25. The molecule has 29 heavy (non-hydrogen) atoms. The van der Waals surface area contributed by atoms with Crippen molar-refractivity contribution in [2.75, 3.05) is 5.32 Å². The van der Waals surface area contributed by atoms with Crippen molar-refractivity contribution in [1.82, 2.24) is 15.3 Å². The summed E-state index contributed by atoms with van der Waals surface area (Å²) in [5.74, 6) is -0.528. The Balaban J connectivity index is 1.59. The number of hydrogen-bond donors (Lipinski definition) is 3. The van der Waals surface area contributed by atoms with Crippen LogP contribution in [0.2, 0.25) is 0 Å². The van der Waals surface area contributed by atoms with Gasteiger partial charge in [-0.2, -0.15) is 0 Å². The molecule has 0 unspecified atom stereocenters. The molecule has 1 atom stereocenters. The Bertz CT molecular complexity index is 1220. The van der Waals surface area contributed by atoms with E-state index in [1.165, 1.54) is 18.3 Å². The topological polar surface area (TPSA) is 86.9 Å². The number of H-pyrrole nitrogens is 1. The summed E-state index contributed by atoms with van der Waals surface area (Å²) in [6, 6.07) is 11.3. The first-order valence-corrected chi connectivity index (χ1v) is 10.2. The predicted molar refractivity (Wildman–Crippen MR) is 117 cm³/mol. The summed E-state index contributed by atoms with van der Waals surface area (Å²) in [5.41, 5.74) is 5.11. The quantitative estimate of drug-likeness (QED) is 0.467. The van der Waals surface area contributed by atoms with E-state index in [0.29, 0.717) is 11.6 Å². The molecule has 2 heterocycles. The van der Waals surface area contributed by atoms with Gasteiger partial charge in [-0.25, -0.2) is 4.98 Å². The molecule has 0 saturated carbocycles. The van der Waals surface area contributed by atoms with Gasteiger partial charge in [0.25, 0.3) is 0 Å². The maximum Gasteiger partial charge on any atom is 0.249 e. The number of nitrogens with one attached hydrogen (secondary N) is 3. The van der Waals surface area contributed by atoms with Crippen molar-refractivity contribution in [3.05, 3.63) is 59.3 Å². The molecule has 0 radical (unpaired) electrons. The minimum Gasteiger partial charge on any atom is -0.361 e. The molecule has 0 fully saturated rings. The molecule has 2 aromatic carbocycles. The van der Waals surface area contributed by atoms with Gasteiger partial charge in [-0.1, -0.05) is 35.6 Å². The second-order valence-electron chi connectivity index (χ2n) is 7.25. The number of carbonyl (C=O) groups excluding carboxylic acids is 2. The van der Waals surface area contributed by atoms with Crippen LogP contribution in [-0.2, 0) is 16.0 Å². The highest BCUT2D eigenvalue weighted by atomic mass is 32.1. The first-order chi connectivity index (χ1) is 13.9. The number of hydrogen-bond acceptors (Lipinski definition) is 4. The first kappa shape index (κ1) is 19.1. The van der Waals surface area contributed by atoms with Crippen LogP contribution in [0.1, 0.15) is 23.6 Å². The van der Waals surface area contributed by atoms with Gasteiger partial charge in [-0.15, -0.1) is 0 Å². The van der Waals surface area contributed by atoms with Crippen LogP contribution in [-0.4, -0.2) is 27.8 Å². The molecule has 2 amide bonds. The number of fused-ring (bicyclic) bond motifs is 2. The monoisotopic (exact) mass is 406 g/mol. The second-order valence-corrected chi connectivity index (χ2v) is 8.28. The Kier molecular flexibility index (Phi) is 5.07. The number of aryl methyl sites for hydroxylation is 2. The van der Waals surface area contributed by atoms with Crippen LogP contribution in [0.25, 0.3) is 21.1 Å². The van der Waals surface area contributed by atoms with E-state index in [1.54, 1.807) is 0 Å². The minimum absolute atomic E-state index is 0.249. The van der Waals surface area contributed by atoms with Crippen LogP contribution in [0.5, 0.6) is 0 Å². The standard InChI is InChI=1S/C22H22N4O2S/c1-12-8-13(2)20-19(9-12)29-22(25-20)26-21(28)18(24-14(3)27)10-15-11-23-17-7-5-4-6-16(15)17/h4-9,11,18,23H,10H2,1-3H3,(H,24,27)(H,25,26,28)/t18-/m0/s1. The predicted octanol–water partition coefficient (Wildman–Crippen LogP) is 4.08. The van der Waals surface area contributed by atoms with Crippen molar-refractivity contribution in [2.45, 2.75) is 33.2 Å². The van der Waals surface area contributed by atoms with Crippen LogP contribution in [0.3, 0.4) is 0 Å². The van der Waals surface area contributed by atoms with Crippen LogP contribution >= 0.6 is 11.3 Å². The summed E-state index contributed by atoms with van der Waals surface area (Å²) < 4.78 is 1.03. The number of carbonyl (C=O) groups is 2. The molecule has 2 aromatic heterocycles. The van der Waals surface area contributed by atoms with Crippen LogP contribution in [0, 0.1) is 13.8 Å². The normalized spacial score (nSPS) is 12.2. The zero-order valence-corrected chi connectivity index (χ0v) is 17.3. The van der Waals surface area contributed by atoms with Crippen molar-refractivity contribution >= 4 is 49.4 Å². The molecular weight excluding hydrogens is 384 g/mol. The maximum atomic E-state index is 13.0. The molecule has 4 rings (SSSR count). The molecule has 0 aliphatic carbocycles. The number of anilines is 1. The lowest BCUT2D eigenvalue weighted by Gasteiger charge is -2.16. The van der Waals surface area contributed by atoms with E-state index in [2.05, 4.69) is 32.7 Å². The summed E-state index contributed by atoms with van der Waals surface area (Å²) in [6.07, 6.45) is 2.27. The number of thiazole rings is 1. The van der Waals surface area contributed by atoms with Crippen molar-refractivity contribution in [2.24, 2.45) is 0 Å². The molecule has 148 valence electrons. The van der Waals surface area contributed by atoms with E-state index in [0.717, 1.165) is 37.8 Å².